The van der Waals surface area contributed by atoms with E-state index in [0.717, 1.165) is 0 Å². The molecule has 0 fully saturated rings. The molecule has 0 aliphatic carbocycles. The average Bonchev–Trinajstić information content (AvgIpc) is 2.15. The molecule has 0 saturated heterocycles. The molecule has 5 nitrogen and oxygen atoms in total. The van der Waals surface area contributed by atoms with E-state index in [-0.39, 0.29) is 17.5 Å². The van der Waals surface area contributed by atoms with Crippen molar-refractivity contribution in [3.05, 3.63) is 23.0 Å². The van der Waals surface area contributed by atoms with E-state index in [1.54, 1.807) is 6.07 Å². The monoisotopic (exact) mass is 215 g/mol. The molecule has 76 valence electrons. The topological polar surface area (TPSA) is 88.2 Å². The number of primary amides is 1. The zero-order valence-corrected chi connectivity index (χ0v) is 8.08. The van der Waals surface area contributed by atoms with Crippen LogP contribution in [0.5, 0.6) is 0 Å². The van der Waals surface area contributed by atoms with Crippen LogP contribution in [-0.2, 0) is 0 Å². The Balaban J connectivity index is 2.96. The van der Waals surface area contributed by atoms with E-state index >= 15 is 0 Å². The van der Waals surface area contributed by atoms with Crippen LogP contribution >= 0.6 is 11.6 Å². The Bertz CT molecular complexity index is 343. The Kier molecular flexibility index (Phi) is 3.67. The lowest BCUT2D eigenvalue weighted by Gasteiger charge is -2.07. The Morgan fingerprint density at radius 3 is 2.93 bits per heavy atom. The molecule has 6 heteroatoms. The minimum atomic E-state index is -0.659. The summed E-state index contributed by atoms with van der Waals surface area (Å²) in [6.07, 6.45) is 0. The number of halogens is 1. The molecule has 1 aromatic heterocycles. The standard InChI is InChI=1S/C8H10ClN3O2/c9-6-2-1-5(11-3-4-13)7(12-6)8(10)14/h1-2,11,13H,3-4H2,(H2,10,14). The van der Waals surface area contributed by atoms with Gasteiger partial charge in [-0.15, -0.1) is 0 Å². The third-order valence-corrected chi connectivity index (χ3v) is 1.73. The van der Waals surface area contributed by atoms with Gasteiger partial charge in [0, 0.05) is 6.54 Å². The van der Waals surface area contributed by atoms with Gasteiger partial charge in [0.25, 0.3) is 5.91 Å². The molecule has 0 radical (unpaired) electrons. The summed E-state index contributed by atoms with van der Waals surface area (Å²) in [7, 11) is 0. The minimum absolute atomic E-state index is 0.0408. The molecule has 1 rings (SSSR count). The summed E-state index contributed by atoms with van der Waals surface area (Å²) >= 11 is 5.60. The predicted molar refractivity (Wildman–Crippen MR) is 53.3 cm³/mol. The lowest BCUT2D eigenvalue weighted by atomic mass is 10.3. The number of amides is 1. The number of hydrogen-bond donors (Lipinski definition) is 3. The second kappa shape index (κ2) is 4.78. The molecule has 0 bridgehead atoms. The molecular formula is C8H10ClN3O2. The highest BCUT2D eigenvalue weighted by Gasteiger charge is 2.09. The third-order valence-electron chi connectivity index (χ3n) is 1.52. The molecule has 0 aliphatic heterocycles. The second-order valence-corrected chi connectivity index (χ2v) is 2.93. The number of nitrogens with zero attached hydrogens (tertiary/aromatic N) is 1. The number of carbonyl (C=O) groups is 1. The molecule has 1 amide bonds. The Morgan fingerprint density at radius 1 is 1.64 bits per heavy atom. The number of anilines is 1. The minimum Gasteiger partial charge on any atom is -0.395 e. The first-order valence-electron chi connectivity index (χ1n) is 3.96. The van der Waals surface area contributed by atoms with E-state index in [1.165, 1.54) is 6.07 Å². The van der Waals surface area contributed by atoms with Crippen LogP contribution < -0.4 is 11.1 Å². The maximum absolute atomic E-state index is 10.9. The summed E-state index contributed by atoms with van der Waals surface area (Å²) in [6, 6.07) is 3.12. The summed E-state index contributed by atoms with van der Waals surface area (Å²) in [5, 5.41) is 11.6. The highest BCUT2D eigenvalue weighted by Crippen LogP contribution is 2.15. The second-order valence-electron chi connectivity index (χ2n) is 2.54. The van der Waals surface area contributed by atoms with Gasteiger partial charge in [-0.2, -0.15) is 0 Å². The fourth-order valence-corrected chi connectivity index (χ4v) is 1.10. The number of pyridine rings is 1. The van der Waals surface area contributed by atoms with Crippen molar-refractivity contribution in [3.8, 4) is 0 Å². The zero-order chi connectivity index (χ0) is 10.6. The highest BCUT2D eigenvalue weighted by atomic mass is 35.5. The maximum atomic E-state index is 10.9. The maximum Gasteiger partial charge on any atom is 0.269 e. The molecule has 0 aromatic carbocycles. The molecule has 14 heavy (non-hydrogen) atoms. The molecule has 1 aromatic rings. The third kappa shape index (κ3) is 2.58. The lowest BCUT2D eigenvalue weighted by molar-refractivity contribution is 0.0996. The van der Waals surface area contributed by atoms with E-state index < -0.39 is 5.91 Å². The van der Waals surface area contributed by atoms with Crippen molar-refractivity contribution in [2.24, 2.45) is 5.73 Å². The van der Waals surface area contributed by atoms with Crippen molar-refractivity contribution in [1.29, 1.82) is 0 Å². The fraction of sp³-hybridized carbons (Fsp3) is 0.250. The van der Waals surface area contributed by atoms with Crippen molar-refractivity contribution in [2.45, 2.75) is 0 Å². The van der Waals surface area contributed by atoms with E-state index in [2.05, 4.69) is 10.3 Å². The van der Waals surface area contributed by atoms with Crippen molar-refractivity contribution < 1.29 is 9.90 Å². The number of aromatic nitrogens is 1. The summed E-state index contributed by atoms with van der Waals surface area (Å²) in [4.78, 5) is 14.7. The van der Waals surface area contributed by atoms with Gasteiger partial charge in [-0.25, -0.2) is 4.98 Å². The van der Waals surface area contributed by atoms with Crippen LogP contribution in [0.3, 0.4) is 0 Å². The quantitative estimate of drug-likeness (QED) is 0.628. The van der Waals surface area contributed by atoms with Crippen molar-refractivity contribution in [3.63, 3.8) is 0 Å². The number of nitrogens with one attached hydrogen (secondary N) is 1. The Labute approximate surface area is 85.9 Å². The van der Waals surface area contributed by atoms with E-state index in [1.807, 2.05) is 0 Å². The van der Waals surface area contributed by atoms with Crippen LogP contribution in [0.1, 0.15) is 10.5 Å². The number of hydrogen-bond acceptors (Lipinski definition) is 4. The Hall–Kier alpha value is -1.33. The molecule has 0 atom stereocenters. The molecule has 1 heterocycles. The van der Waals surface area contributed by atoms with Gasteiger partial charge in [0.1, 0.15) is 5.15 Å². The highest BCUT2D eigenvalue weighted by molar-refractivity contribution is 6.29. The van der Waals surface area contributed by atoms with Gasteiger partial charge >= 0.3 is 0 Å². The average molecular weight is 216 g/mol. The van der Waals surface area contributed by atoms with E-state index in [9.17, 15) is 4.79 Å². The van der Waals surface area contributed by atoms with Crippen LogP contribution in [-0.4, -0.2) is 29.1 Å². The first-order chi connectivity index (χ1) is 6.65. The van der Waals surface area contributed by atoms with Crippen LogP contribution in [0.25, 0.3) is 0 Å². The SMILES string of the molecule is NC(=O)c1nc(Cl)ccc1NCCO. The van der Waals surface area contributed by atoms with Crippen LogP contribution in [0.2, 0.25) is 5.15 Å². The van der Waals surface area contributed by atoms with Gasteiger partial charge < -0.3 is 16.2 Å². The molecule has 0 unspecified atom stereocenters. The largest absolute Gasteiger partial charge is 0.395 e. The number of nitrogens with two attached hydrogens (primary N) is 1. The number of aliphatic hydroxyl groups excluding tert-OH is 1. The summed E-state index contributed by atoms with van der Waals surface area (Å²) in [6.45, 7) is 0.282. The summed E-state index contributed by atoms with van der Waals surface area (Å²) in [5.41, 5.74) is 5.64. The molecule has 0 spiro atoms. The van der Waals surface area contributed by atoms with Crippen molar-refractivity contribution in [2.75, 3.05) is 18.5 Å². The van der Waals surface area contributed by atoms with E-state index in [0.29, 0.717) is 12.2 Å². The van der Waals surface area contributed by atoms with Gasteiger partial charge in [0.15, 0.2) is 5.69 Å². The first kappa shape index (κ1) is 10.7. The first-order valence-corrected chi connectivity index (χ1v) is 4.34. The normalized spacial score (nSPS) is 9.86. The van der Waals surface area contributed by atoms with E-state index in [4.69, 9.17) is 22.4 Å². The van der Waals surface area contributed by atoms with Gasteiger partial charge in [-0.05, 0) is 12.1 Å². The van der Waals surface area contributed by atoms with Gasteiger partial charge in [0.2, 0.25) is 0 Å². The predicted octanol–water partition coefficient (Wildman–Crippen LogP) is 0.238. The number of carbonyl (C=O) groups excluding carboxylic acids is 1. The number of aliphatic hydroxyl groups is 1. The molecule has 4 N–H and O–H groups in total. The van der Waals surface area contributed by atoms with Crippen molar-refractivity contribution >= 4 is 23.2 Å². The van der Waals surface area contributed by atoms with Crippen LogP contribution in [0.4, 0.5) is 5.69 Å². The zero-order valence-electron chi connectivity index (χ0n) is 7.33. The van der Waals surface area contributed by atoms with Gasteiger partial charge in [-0.1, -0.05) is 11.6 Å². The fourth-order valence-electron chi connectivity index (χ4n) is 0.956. The molecule has 0 aliphatic rings. The van der Waals surface area contributed by atoms with Crippen molar-refractivity contribution in [1.82, 2.24) is 4.98 Å². The van der Waals surface area contributed by atoms with Crippen LogP contribution in [0.15, 0.2) is 12.1 Å². The van der Waals surface area contributed by atoms with Crippen LogP contribution in [0, 0.1) is 0 Å². The molecular weight excluding hydrogens is 206 g/mol. The van der Waals surface area contributed by atoms with Gasteiger partial charge in [-0.3, -0.25) is 4.79 Å². The Morgan fingerprint density at radius 2 is 2.36 bits per heavy atom. The summed E-state index contributed by atoms with van der Waals surface area (Å²) < 4.78 is 0. The number of rotatable bonds is 4. The van der Waals surface area contributed by atoms with Gasteiger partial charge in [0.05, 0.1) is 12.3 Å². The lowest BCUT2D eigenvalue weighted by Crippen LogP contribution is -2.17. The molecule has 0 saturated carbocycles. The summed E-state index contributed by atoms with van der Waals surface area (Å²) in [5.74, 6) is -0.659. The smallest absolute Gasteiger partial charge is 0.269 e.